The van der Waals surface area contributed by atoms with E-state index in [9.17, 15) is 0 Å². The van der Waals surface area contributed by atoms with Crippen LogP contribution in [0.5, 0.6) is 0 Å². The molecular formula is C17H27NS. The zero-order valence-corrected chi connectivity index (χ0v) is 13.4. The highest BCUT2D eigenvalue weighted by Crippen LogP contribution is 2.27. The molecule has 1 nitrogen and oxygen atoms in total. The van der Waals surface area contributed by atoms with Gasteiger partial charge in [-0.2, -0.15) is 11.8 Å². The SMILES string of the molecule is CNC(Cc1cc(C)ccc1C)CC1CCSCC1. The molecule has 1 unspecified atom stereocenters. The van der Waals surface area contributed by atoms with Crippen LogP contribution >= 0.6 is 11.8 Å². The summed E-state index contributed by atoms with van der Waals surface area (Å²) in [4.78, 5) is 0. The van der Waals surface area contributed by atoms with E-state index in [1.165, 1.54) is 53.9 Å². The highest BCUT2D eigenvalue weighted by molar-refractivity contribution is 7.99. The van der Waals surface area contributed by atoms with Crippen LogP contribution in [0.2, 0.25) is 0 Å². The normalized spacial score (nSPS) is 18.5. The molecule has 1 N–H and O–H groups in total. The van der Waals surface area contributed by atoms with Gasteiger partial charge in [0, 0.05) is 6.04 Å². The minimum atomic E-state index is 0.633. The number of benzene rings is 1. The average molecular weight is 277 g/mol. The molecule has 1 atom stereocenters. The Morgan fingerprint density at radius 3 is 2.68 bits per heavy atom. The van der Waals surface area contributed by atoms with Crippen LogP contribution in [0.3, 0.4) is 0 Å². The number of aryl methyl sites for hydroxylation is 2. The van der Waals surface area contributed by atoms with Crippen molar-refractivity contribution < 1.29 is 0 Å². The number of hydrogen-bond acceptors (Lipinski definition) is 2. The average Bonchev–Trinajstić information content (AvgIpc) is 2.43. The number of likely N-dealkylation sites (N-methyl/N-ethyl adjacent to an activating group) is 1. The molecule has 0 aromatic heterocycles. The van der Waals surface area contributed by atoms with Crippen LogP contribution in [-0.2, 0) is 6.42 Å². The maximum absolute atomic E-state index is 3.54. The van der Waals surface area contributed by atoms with Gasteiger partial charge in [0.2, 0.25) is 0 Å². The quantitative estimate of drug-likeness (QED) is 0.874. The van der Waals surface area contributed by atoms with E-state index in [4.69, 9.17) is 0 Å². The Hall–Kier alpha value is -0.470. The first-order valence-corrected chi connectivity index (χ1v) is 8.65. The van der Waals surface area contributed by atoms with Crippen molar-refractivity contribution in [1.82, 2.24) is 5.32 Å². The van der Waals surface area contributed by atoms with Gasteiger partial charge in [-0.25, -0.2) is 0 Å². The smallest absolute Gasteiger partial charge is 0.0107 e. The largest absolute Gasteiger partial charge is 0.317 e. The molecule has 1 aromatic rings. The standard InChI is InChI=1S/C17H27NS/c1-13-4-5-14(2)16(10-13)12-17(18-3)11-15-6-8-19-9-7-15/h4-5,10,15,17-18H,6-9,11-12H2,1-3H3. The second-order valence-corrected chi connectivity index (χ2v) is 7.14. The number of thioether (sulfide) groups is 1. The van der Waals surface area contributed by atoms with Crippen molar-refractivity contribution in [2.45, 2.75) is 45.6 Å². The summed E-state index contributed by atoms with van der Waals surface area (Å²) in [6.45, 7) is 4.43. The lowest BCUT2D eigenvalue weighted by molar-refractivity contribution is 0.376. The fraction of sp³-hybridized carbons (Fsp3) is 0.647. The van der Waals surface area contributed by atoms with Gasteiger partial charge in [-0.05, 0) is 75.1 Å². The highest BCUT2D eigenvalue weighted by Gasteiger charge is 2.19. The maximum atomic E-state index is 3.54. The monoisotopic (exact) mass is 277 g/mol. The number of nitrogens with one attached hydrogen (secondary N) is 1. The van der Waals surface area contributed by atoms with Crippen molar-refractivity contribution in [3.8, 4) is 0 Å². The molecule has 0 saturated carbocycles. The summed E-state index contributed by atoms with van der Waals surface area (Å²) in [7, 11) is 2.12. The van der Waals surface area contributed by atoms with Crippen molar-refractivity contribution >= 4 is 11.8 Å². The first-order valence-electron chi connectivity index (χ1n) is 7.50. The summed E-state index contributed by atoms with van der Waals surface area (Å²) in [6.07, 6.45) is 5.34. The predicted octanol–water partition coefficient (Wildman–Crippen LogP) is 3.97. The summed E-state index contributed by atoms with van der Waals surface area (Å²) >= 11 is 2.12. The molecule has 2 heteroatoms. The third-order valence-electron chi connectivity index (χ3n) is 4.34. The second kappa shape index (κ2) is 7.35. The summed E-state index contributed by atoms with van der Waals surface area (Å²) in [5, 5.41) is 3.54. The molecule has 1 heterocycles. The topological polar surface area (TPSA) is 12.0 Å². The van der Waals surface area contributed by atoms with Crippen LogP contribution in [0.1, 0.15) is 36.0 Å². The molecule has 19 heavy (non-hydrogen) atoms. The molecule has 0 spiro atoms. The van der Waals surface area contributed by atoms with E-state index in [-0.39, 0.29) is 0 Å². The zero-order chi connectivity index (χ0) is 13.7. The van der Waals surface area contributed by atoms with Gasteiger partial charge in [0.25, 0.3) is 0 Å². The van der Waals surface area contributed by atoms with Crippen molar-refractivity contribution in [3.63, 3.8) is 0 Å². The molecule has 0 bridgehead atoms. The van der Waals surface area contributed by atoms with E-state index in [0.717, 1.165) is 5.92 Å². The van der Waals surface area contributed by atoms with Gasteiger partial charge in [0.15, 0.2) is 0 Å². The van der Waals surface area contributed by atoms with Gasteiger partial charge in [0.05, 0.1) is 0 Å². The van der Waals surface area contributed by atoms with Gasteiger partial charge in [-0.1, -0.05) is 23.8 Å². The first kappa shape index (κ1) is 14.9. The molecule has 1 fully saturated rings. The molecule has 106 valence electrons. The van der Waals surface area contributed by atoms with Gasteiger partial charge >= 0.3 is 0 Å². The minimum Gasteiger partial charge on any atom is -0.317 e. The summed E-state index contributed by atoms with van der Waals surface area (Å²) in [5.74, 6) is 3.67. The fourth-order valence-corrected chi connectivity index (χ4v) is 4.18. The summed E-state index contributed by atoms with van der Waals surface area (Å²) in [5.41, 5.74) is 4.33. The van der Waals surface area contributed by atoms with Gasteiger partial charge < -0.3 is 5.32 Å². The molecule has 0 aliphatic carbocycles. The van der Waals surface area contributed by atoms with Crippen molar-refractivity contribution in [1.29, 1.82) is 0 Å². The number of hydrogen-bond donors (Lipinski definition) is 1. The van der Waals surface area contributed by atoms with Crippen molar-refractivity contribution in [3.05, 3.63) is 34.9 Å². The van der Waals surface area contributed by atoms with E-state index in [1.807, 2.05) is 0 Å². The molecule has 1 aromatic carbocycles. The summed E-state index contributed by atoms with van der Waals surface area (Å²) < 4.78 is 0. The molecule has 0 radical (unpaired) electrons. The molecule has 1 saturated heterocycles. The van der Waals surface area contributed by atoms with E-state index in [2.05, 4.69) is 56.2 Å². The second-order valence-electron chi connectivity index (χ2n) is 5.91. The highest BCUT2D eigenvalue weighted by atomic mass is 32.2. The van der Waals surface area contributed by atoms with Crippen molar-refractivity contribution in [2.24, 2.45) is 5.92 Å². The molecule has 1 aliphatic rings. The molecule has 0 amide bonds. The van der Waals surface area contributed by atoms with Gasteiger partial charge in [-0.15, -0.1) is 0 Å². The predicted molar refractivity (Wildman–Crippen MR) is 87.1 cm³/mol. The lowest BCUT2D eigenvalue weighted by Crippen LogP contribution is -2.31. The van der Waals surface area contributed by atoms with Crippen LogP contribution in [0.25, 0.3) is 0 Å². The van der Waals surface area contributed by atoms with Crippen LogP contribution in [0, 0.1) is 19.8 Å². The van der Waals surface area contributed by atoms with Crippen LogP contribution in [0.15, 0.2) is 18.2 Å². The van der Waals surface area contributed by atoms with E-state index < -0.39 is 0 Å². The van der Waals surface area contributed by atoms with Crippen LogP contribution in [-0.4, -0.2) is 24.6 Å². The maximum Gasteiger partial charge on any atom is 0.0107 e. The lowest BCUT2D eigenvalue weighted by atomic mass is 9.90. The van der Waals surface area contributed by atoms with E-state index in [0.29, 0.717) is 6.04 Å². The van der Waals surface area contributed by atoms with Gasteiger partial charge in [-0.3, -0.25) is 0 Å². The Balaban J connectivity index is 1.95. The third kappa shape index (κ3) is 4.54. The van der Waals surface area contributed by atoms with Crippen LogP contribution < -0.4 is 5.32 Å². The van der Waals surface area contributed by atoms with E-state index >= 15 is 0 Å². The van der Waals surface area contributed by atoms with Crippen molar-refractivity contribution in [2.75, 3.05) is 18.6 Å². The lowest BCUT2D eigenvalue weighted by Gasteiger charge is -2.26. The molecule has 2 rings (SSSR count). The Labute approximate surface area is 122 Å². The zero-order valence-electron chi connectivity index (χ0n) is 12.5. The molecule has 1 aliphatic heterocycles. The third-order valence-corrected chi connectivity index (χ3v) is 5.39. The Morgan fingerprint density at radius 1 is 1.26 bits per heavy atom. The first-order chi connectivity index (χ1) is 9.19. The molecular weight excluding hydrogens is 250 g/mol. The van der Waals surface area contributed by atoms with Crippen LogP contribution in [0.4, 0.5) is 0 Å². The Morgan fingerprint density at radius 2 is 2.00 bits per heavy atom. The van der Waals surface area contributed by atoms with E-state index in [1.54, 1.807) is 0 Å². The minimum absolute atomic E-state index is 0.633. The Kier molecular flexibility index (Phi) is 5.77. The Bertz CT molecular complexity index is 396. The number of rotatable bonds is 5. The van der Waals surface area contributed by atoms with Gasteiger partial charge in [0.1, 0.15) is 0 Å². The summed E-state index contributed by atoms with van der Waals surface area (Å²) in [6, 6.07) is 7.46. The fourth-order valence-electron chi connectivity index (χ4n) is 2.97.